The van der Waals surface area contributed by atoms with Gasteiger partial charge in [0.25, 0.3) is 0 Å². The Morgan fingerprint density at radius 1 is 1.48 bits per heavy atom. The standard InChI is InChI=1S/C14H18ClFN2O4S/c1-2-18(8-13(19)20)10-6-9(7-10)17-23(21,22)14-11(15)4-3-5-12(14)16/h3-5,9-10,17H,2,6-8H2,1H3,(H,19,20). The average molecular weight is 365 g/mol. The van der Waals surface area contributed by atoms with Gasteiger partial charge in [0.2, 0.25) is 10.0 Å². The quantitative estimate of drug-likeness (QED) is 0.769. The van der Waals surface area contributed by atoms with Gasteiger partial charge >= 0.3 is 5.97 Å². The summed E-state index contributed by atoms with van der Waals surface area (Å²) < 4.78 is 40.7. The molecule has 0 saturated heterocycles. The highest BCUT2D eigenvalue weighted by Crippen LogP contribution is 2.29. The number of nitrogens with one attached hydrogen (secondary N) is 1. The predicted octanol–water partition coefficient (Wildman–Crippen LogP) is 1.69. The Balaban J connectivity index is 2.01. The molecule has 0 radical (unpaired) electrons. The first kappa shape index (κ1) is 18.1. The van der Waals surface area contributed by atoms with E-state index in [-0.39, 0.29) is 23.7 Å². The molecule has 1 aliphatic rings. The van der Waals surface area contributed by atoms with Crippen molar-refractivity contribution in [3.63, 3.8) is 0 Å². The van der Waals surface area contributed by atoms with Crippen LogP contribution in [0.5, 0.6) is 0 Å². The molecule has 0 spiro atoms. The Morgan fingerprint density at radius 2 is 2.13 bits per heavy atom. The molecule has 0 aromatic heterocycles. The highest BCUT2D eigenvalue weighted by molar-refractivity contribution is 7.89. The van der Waals surface area contributed by atoms with Gasteiger partial charge in [0, 0.05) is 12.1 Å². The molecule has 128 valence electrons. The van der Waals surface area contributed by atoms with Crippen molar-refractivity contribution in [3.05, 3.63) is 29.0 Å². The number of hydrogen-bond donors (Lipinski definition) is 2. The molecule has 1 fully saturated rings. The van der Waals surface area contributed by atoms with Gasteiger partial charge in [-0.2, -0.15) is 0 Å². The lowest BCUT2D eigenvalue weighted by molar-refractivity contribution is -0.139. The lowest BCUT2D eigenvalue weighted by atomic mass is 9.86. The van der Waals surface area contributed by atoms with E-state index in [9.17, 15) is 17.6 Å². The zero-order valence-corrected chi connectivity index (χ0v) is 14.1. The summed E-state index contributed by atoms with van der Waals surface area (Å²) >= 11 is 5.78. The number of halogens is 2. The van der Waals surface area contributed by atoms with Gasteiger partial charge in [-0.05, 0) is 31.5 Å². The fraction of sp³-hybridized carbons (Fsp3) is 0.500. The van der Waals surface area contributed by atoms with Crippen molar-refractivity contribution in [3.8, 4) is 0 Å². The summed E-state index contributed by atoms with van der Waals surface area (Å²) in [6.07, 6.45) is 0.957. The molecule has 0 aliphatic heterocycles. The number of benzene rings is 1. The van der Waals surface area contributed by atoms with Crippen molar-refractivity contribution in [1.82, 2.24) is 9.62 Å². The summed E-state index contributed by atoms with van der Waals surface area (Å²) in [7, 11) is -4.05. The molecule has 2 N–H and O–H groups in total. The molecule has 0 atom stereocenters. The van der Waals surface area contributed by atoms with E-state index in [2.05, 4.69) is 4.72 Å². The van der Waals surface area contributed by atoms with E-state index < -0.39 is 26.7 Å². The molecule has 9 heteroatoms. The average Bonchev–Trinajstić information content (AvgIpc) is 2.39. The summed E-state index contributed by atoms with van der Waals surface area (Å²) in [5.74, 6) is -1.82. The van der Waals surface area contributed by atoms with Crippen molar-refractivity contribution in [2.45, 2.75) is 36.7 Å². The lowest BCUT2D eigenvalue weighted by Crippen LogP contribution is -2.54. The monoisotopic (exact) mass is 364 g/mol. The first-order valence-corrected chi connectivity index (χ1v) is 9.03. The highest BCUT2D eigenvalue weighted by Gasteiger charge is 2.37. The summed E-state index contributed by atoms with van der Waals surface area (Å²) in [6, 6.07) is 3.33. The molecule has 23 heavy (non-hydrogen) atoms. The van der Waals surface area contributed by atoms with Gasteiger partial charge in [0.15, 0.2) is 0 Å². The number of aliphatic carboxylic acids is 1. The molecule has 1 aliphatic carbocycles. The van der Waals surface area contributed by atoms with Crippen LogP contribution in [0.15, 0.2) is 23.1 Å². The largest absolute Gasteiger partial charge is 0.480 e. The molecule has 1 saturated carbocycles. The van der Waals surface area contributed by atoms with Gasteiger partial charge < -0.3 is 5.11 Å². The maximum absolute atomic E-state index is 13.7. The van der Waals surface area contributed by atoms with Gasteiger partial charge in [0.1, 0.15) is 10.7 Å². The molecule has 0 unspecified atom stereocenters. The third kappa shape index (κ3) is 4.20. The molecule has 2 rings (SSSR count). The number of rotatable bonds is 7. The van der Waals surface area contributed by atoms with Crippen molar-refractivity contribution in [1.29, 1.82) is 0 Å². The highest BCUT2D eigenvalue weighted by atomic mass is 35.5. The SMILES string of the molecule is CCN(CC(=O)O)C1CC(NS(=O)(=O)c2c(F)cccc2Cl)C1. The number of carboxylic acids is 1. The van der Waals surface area contributed by atoms with Gasteiger partial charge in [-0.25, -0.2) is 17.5 Å². The zero-order valence-electron chi connectivity index (χ0n) is 12.5. The van der Waals surface area contributed by atoms with Crippen molar-refractivity contribution in [2.24, 2.45) is 0 Å². The second kappa shape index (κ2) is 7.12. The summed E-state index contributed by atoms with van der Waals surface area (Å²) in [6.45, 7) is 2.33. The van der Waals surface area contributed by atoms with Gasteiger partial charge in [-0.15, -0.1) is 0 Å². The van der Waals surface area contributed by atoms with Crippen molar-refractivity contribution >= 4 is 27.6 Å². The molecule has 0 heterocycles. The summed E-state index contributed by atoms with van der Waals surface area (Å²) in [5.41, 5.74) is 0. The van der Waals surface area contributed by atoms with E-state index in [0.717, 1.165) is 6.07 Å². The minimum Gasteiger partial charge on any atom is -0.480 e. The molecule has 1 aromatic carbocycles. The van der Waals surface area contributed by atoms with Crippen LogP contribution in [0.3, 0.4) is 0 Å². The van der Waals surface area contributed by atoms with E-state index in [1.807, 2.05) is 6.92 Å². The van der Waals surface area contributed by atoms with Crippen LogP contribution in [0, 0.1) is 5.82 Å². The van der Waals surface area contributed by atoms with Crippen LogP contribution in [-0.4, -0.2) is 49.6 Å². The topological polar surface area (TPSA) is 86.7 Å². The van der Waals surface area contributed by atoms with E-state index in [4.69, 9.17) is 16.7 Å². The molecule has 1 aromatic rings. The number of hydrogen-bond acceptors (Lipinski definition) is 4. The Morgan fingerprint density at radius 3 is 2.65 bits per heavy atom. The van der Waals surface area contributed by atoms with Gasteiger partial charge in [-0.3, -0.25) is 9.69 Å². The number of sulfonamides is 1. The van der Waals surface area contributed by atoms with Gasteiger partial charge in [-0.1, -0.05) is 24.6 Å². The second-order valence-electron chi connectivity index (χ2n) is 5.45. The normalized spacial score (nSPS) is 21.2. The smallest absolute Gasteiger partial charge is 0.317 e. The minimum atomic E-state index is -4.05. The van der Waals surface area contributed by atoms with Crippen LogP contribution in [0.2, 0.25) is 5.02 Å². The number of likely N-dealkylation sites (N-methyl/N-ethyl adjacent to an activating group) is 1. The first-order chi connectivity index (χ1) is 10.7. The van der Waals surface area contributed by atoms with Crippen molar-refractivity contribution < 1.29 is 22.7 Å². The Labute approximate surface area is 139 Å². The van der Waals surface area contributed by atoms with E-state index in [1.165, 1.54) is 12.1 Å². The van der Waals surface area contributed by atoms with Crippen LogP contribution in [0.25, 0.3) is 0 Å². The predicted molar refractivity (Wildman–Crippen MR) is 83.4 cm³/mol. The minimum absolute atomic E-state index is 0.0000998. The van der Waals surface area contributed by atoms with Crippen LogP contribution < -0.4 is 4.72 Å². The molecule has 0 amide bonds. The number of carboxylic acid groups (broad SMARTS) is 1. The second-order valence-corrected chi connectivity index (χ2v) is 7.51. The fourth-order valence-electron chi connectivity index (χ4n) is 2.67. The Bertz CT molecular complexity index is 672. The van der Waals surface area contributed by atoms with Crippen LogP contribution in [0.1, 0.15) is 19.8 Å². The van der Waals surface area contributed by atoms with Crippen LogP contribution in [0.4, 0.5) is 4.39 Å². The van der Waals surface area contributed by atoms with E-state index >= 15 is 0 Å². The molecule has 6 nitrogen and oxygen atoms in total. The maximum atomic E-state index is 13.7. The third-order valence-corrected chi connectivity index (χ3v) is 5.91. The maximum Gasteiger partial charge on any atom is 0.317 e. The van der Waals surface area contributed by atoms with E-state index in [0.29, 0.717) is 19.4 Å². The third-order valence-electron chi connectivity index (χ3n) is 3.88. The molecular weight excluding hydrogens is 347 g/mol. The Hall–Kier alpha value is -1.22. The summed E-state index contributed by atoms with van der Waals surface area (Å²) in [4.78, 5) is 12.0. The van der Waals surface area contributed by atoms with Crippen LogP contribution in [-0.2, 0) is 14.8 Å². The zero-order chi connectivity index (χ0) is 17.2. The fourth-order valence-corrected chi connectivity index (χ4v) is 4.54. The van der Waals surface area contributed by atoms with Crippen LogP contribution >= 0.6 is 11.6 Å². The Kier molecular flexibility index (Phi) is 5.61. The molecule has 0 bridgehead atoms. The lowest BCUT2D eigenvalue weighted by Gasteiger charge is -2.42. The summed E-state index contributed by atoms with van der Waals surface area (Å²) in [5, 5.41) is 8.66. The van der Waals surface area contributed by atoms with Gasteiger partial charge in [0.05, 0.1) is 11.6 Å². The number of carbonyl (C=O) groups is 1. The van der Waals surface area contributed by atoms with E-state index in [1.54, 1.807) is 4.90 Å². The molecular formula is C14H18ClFN2O4S. The van der Waals surface area contributed by atoms with Crippen molar-refractivity contribution in [2.75, 3.05) is 13.1 Å². The number of nitrogens with zero attached hydrogens (tertiary/aromatic N) is 1. The first-order valence-electron chi connectivity index (χ1n) is 7.16.